The van der Waals surface area contributed by atoms with E-state index in [2.05, 4.69) is 96.5 Å². The first kappa shape index (κ1) is 24.2. The summed E-state index contributed by atoms with van der Waals surface area (Å²) in [6.45, 7) is 9.99. The maximum absolute atomic E-state index is 11.7. The van der Waals surface area contributed by atoms with E-state index in [0.717, 1.165) is 31.9 Å². The van der Waals surface area contributed by atoms with Crippen LogP contribution in [-0.4, -0.2) is 71.0 Å². The zero-order valence-corrected chi connectivity index (χ0v) is 21.7. The summed E-state index contributed by atoms with van der Waals surface area (Å²) in [6.07, 6.45) is 4.24. The fraction of sp³-hybridized carbons (Fsp3) is 0.367. The summed E-state index contributed by atoms with van der Waals surface area (Å²) in [4.78, 5) is 21.7. The van der Waals surface area contributed by atoms with Gasteiger partial charge in [0.15, 0.2) is 0 Å². The van der Waals surface area contributed by atoms with Gasteiger partial charge in [-0.2, -0.15) is 0 Å². The van der Waals surface area contributed by atoms with Gasteiger partial charge in [0.2, 0.25) is 5.91 Å². The predicted octanol–water partition coefficient (Wildman–Crippen LogP) is 4.84. The number of amides is 1. The fourth-order valence-corrected chi connectivity index (χ4v) is 5.51. The Labute approximate surface area is 214 Å². The molecule has 1 amide bonds. The van der Waals surface area contributed by atoms with Crippen molar-refractivity contribution in [2.45, 2.75) is 39.4 Å². The third-order valence-electron chi connectivity index (χ3n) is 7.43. The van der Waals surface area contributed by atoms with Crippen LogP contribution in [0.15, 0.2) is 67.0 Å². The van der Waals surface area contributed by atoms with Crippen LogP contribution in [0.3, 0.4) is 0 Å². The Balaban J connectivity index is 1.18. The van der Waals surface area contributed by atoms with Crippen LogP contribution in [0, 0.1) is 0 Å². The average molecular weight is 485 g/mol. The largest absolute Gasteiger partial charge is 0.492 e. The number of carbonyl (C=O) groups is 1. The number of hydrogen-bond donors (Lipinski definition) is 1. The number of carbonyl (C=O) groups excluding carboxylic acids is 1. The molecule has 0 aliphatic carbocycles. The number of aromatic amines is 1. The van der Waals surface area contributed by atoms with Gasteiger partial charge in [0.05, 0.1) is 6.54 Å². The smallest absolute Gasteiger partial charge is 0.219 e. The molecule has 3 heterocycles. The summed E-state index contributed by atoms with van der Waals surface area (Å²) in [6, 6.07) is 20.0. The number of fused-ring (bicyclic) bond motifs is 1. The second kappa shape index (κ2) is 10.2. The van der Waals surface area contributed by atoms with Gasteiger partial charge in [0.25, 0.3) is 0 Å². The summed E-state index contributed by atoms with van der Waals surface area (Å²) >= 11 is 0. The topological polar surface area (TPSA) is 51.8 Å². The molecule has 1 aromatic heterocycles. The average Bonchev–Trinajstić information content (AvgIpc) is 3.34. The van der Waals surface area contributed by atoms with E-state index in [9.17, 15) is 4.79 Å². The zero-order chi connectivity index (χ0) is 25.2. The highest BCUT2D eigenvalue weighted by Crippen LogP contribution is 2.32. The van der Waals surface area contributed by atoms with Crippen molar-refractivity contribution in [2.75, 3.05) is 33.3 Å². The number of rotatable bonds is 6. The van der Waals surface area contributed by atoms with Crippen LogP contribution >= 0.6 is 0 Å². The first-order valence-corrected chi connectivity index (χ1v) is 12.8. The minimum absolute atomic E-state index is 0.160. The number of ether oxygens (including phenoxy) is 1. The summed E-state index contributed by atoms with van der Waals surface area (Å²) in [5.74, 6) is 1.04. The van der Waals surface area contributed by atoms with E-state index < -0.39 is 0 Å². The van der Waals surface area contributed by atoms with E-state index in [0.29, 0.717) is 18.7 Å². The molecule has 2 aliphatic heterocycles. The maximum atomic E-state index is 11.7. The number of nitrogens with one attached hydrogen (secondary N) is 1. The highest BCUT2D eigenvalue weighted by Gasteiger charge is 2.30. The van der Waals surface area contributed by atoms with Crippen molar-refractivity contribution in [3.05, 3.63) is 83.8 Å². The molecule has 0 spiro atoms. The molecular weight excluding hydrogens is 448 g/mol. The van der Waals surface area contributed by atoms with Crippen molar-refractivity contribution in [3.63, 3.8) is 0 Å². The van der Waals surface area contributed by atoms with E-state index in [1.165, 1.54) is 33.5 Å². The Bertz CT molecular complexity index is 1220. The van der Waals surface area contributed by atoms with Gasteiger partial charge in [0.1, 0.15) is 12.4 Å². The van der Waals surface area contributed by atoms with Crippen LogP contribution in [0.2, 0.25) is 0 Å². The Kier molecular flexibility index (Phi) is 6.88. The van der Waals surface area contributed by atoms with Crippen molar-refractivity contribution in [1.29, 1.82) is 0 Å². The van der Waals surface area contributed by atoms with E-state index in [1.54, 1.807) is 6.92 Å². The van der Waals surface area contributed by atoms with Gasteiger partial charge in [-0.25, -0.2) is 0 Å². The molecule has 0 unspecified atom stereocenters. The number of H-pyrrole nitrogens is 1. The van der Waals surface area contributed by atoms with Crippen molar-refractivity contribution in [3.8, 4) is 16.9 Å². The molecule has 1 saturated heterocycles. The van der Waals surface area contributed by atoms with Crippen LogP contribution in [0.4, 0.5) is 0 Å². The minimum atomic E-state index is 0.160. The molecule has 6 heteroatoms. The van der Waals surface area contributed by atoms with Crippen LogP contribution < -0.4 is 4.74 Å². The zero-order valence-electron chi connectivity index (χ0n) is 21.7. The number of benzene rings is 2. The predicted molar refractivity (Wildman–Crippen MR) is 145 cm³/mol. The van der Waals surface area contributed by atoms with Gasteiger partial charge in [0, 0.05) is 74.9 Å². The van der Waals surface area contributed by atoms with Gasteiger partial charge >= 0.3 is 0 Å². The summed E-state index contributed by atoms with van der Waals surface area (Å²) in [5, 5.41) is 0. The lowest BCUT2D eigenvalue weighted by Crippen LogP contribution is -2.58. The van der Waals surface area contributed by atoms with Crippen LogP contribution in [0.1, 0.15) is 37.6 Å². The fourth-order valence-electron chi connectivity index (χ4n) is 5.51. The van der Waals surface area contributed by atoms with E-state index in [1.807, 2.05) is 11.1 Å². The van der Waals surface area contributed by atoms with Gasteiger partial charge in [-0.3, -0.25) is 9.69 Å². The van der Waals surface area contributed by atoms with Crippen molar-refractivity contribution in [2.24, 2.45) is 0 Å². The molecule has 0 saturated carbocycles. The molecule has 6 nitrogen and oxygen atoms in total. The second-order valence-corrected chi connectivity index (χ2v) is 10.1. The third-order valence-corrected chi connectivity index (χ3v) is 7.43. The lowest BCUT2D eigenvalue weighted by Gasteiger charge is -2.44. The van der Waals surface area contributed by atoms with Gasteiger partial charge in [-0.1, -0.05) is 36.4 Å². The van der Waals surface area contributed by atoms with Crippen molar-refractivity contribution < 1.29 is 9.53 Å². The SMILES string of the molecule is CC(=O)N1C[C@@H](C)N(CCOc2ccc(-c3ccc(C4=CN(C)Cc5[nH]ccc54)cc3)cc2)[C@@H](C)C1. The van der Waals surface area contributed by atoms with E-state index in [-0.39, 0.29) is 5.91 Å². The molecule has 0 bridgehead atoms. The molecule has 36 heavy (non-hydrogen) atoms. The lowest BCUT2D eigenvalue weighted by atomic mass is 9.94. The number of nitrogens with zero attached hydrogens (tertiary/aromatic N) is 3. The number of piperazine rings is 1. The monoisotopic (exact) mass is 484 g/mol. The molecular formula is C30H36N4O2. The molecule has 1 fully saturated rings. The van der Waals surface area contributed by atoms with Gasteiger partial charge in [-0.15, -0.1) is 0 Å². The third kappa shape index (κ3) is 5.05. The molecule has 1 N–H and O–H groups in total. The number of hydrogen-bond acceptors (Lipinski definition) is 4. The molecule has 3 aromatic rings. The highest BCUT2D eigenvalue weighted by molar-refractivity contribution is 5.82. The first-order chi connectivity index (χ1) is 17.4. The molecule has 2 aromatic carbocycles. The Morgan fingerprint density at radius 3 is 2.19 bits per heavy atom. The molecule has 2 aliphatic rings. The van der Waals surface area contributed by atoms with Crippen molar-refractivity contribution in [1.82, 2.24) is 19.7 Å². The van der Waals surface area contributed by atoms with Crippen LogP contribution in [0.25, 0.3) is 16.7 Å². The van der Waals surface area contributed by atoms with E-state index >= 15 is 0 Å². The Hall–Kier alpha value is -3.51. The normalized spacial score (nSPS) is 20.2. The molecule has 188 valence electrons. The van der Waals surface area contributed by atoms with E-state index in [4.69, 9.17) is 4.74 Å². The minimum Gasteiger partial charge on any atom is -0.492 e. The first-order valence-electron chi connectivity index (χ1n) is 12.8. The Morgan fingerprint density at radius 1 is 0.944 bits per heavy atom. The maximum Gasteiger partial charge on any atom is 0.219 e. The quantitative estimate of drug-likeness (QED) is 0.544. The Morgan fingerprint density at radius 2 is 1.56 bits per heavy atom. The molecule has 5 rings (SSSR count). The van der Waals surface area contributed by atoms with Gasteiger partial charge in [-0.05, 0) is 48.7 Å². The summed E-state index contributed by atoms with van der Waals surface area (Å²) < 4.78 is 6.07. The molecule has 0 radical (unpaired) electrons. The van der Waals surface area contributed by atoms with Crippen LogP contribution in [-0.2, 0) is 11.3 Å². The lowest BCUT2D eigenvalue weighted by molar-refractivity contribution is -0.133. The highest BCUT2D eigenvalue weighted by atomic mass is 16.5. The van der Waals surface area contributed by atoms with Crippen molar-refractivity contribution >= 4 is 11.5 Å². The molecule has 2 atom stereocenters. The second-order valence-electron chi connectivity index (χ2n) is 10.1. The standard InChI is InChI=1S/C30H36N4O2/c1-21-17-33(23(3)35)18-22(2)34(21)15-16-36-27-11-9-25(10-12-27)24-5-7-26(8-6-24)29-19-32(4)20-30-28(29)13-14-31-30/h5-14,19,21-22,31H,15-18,20H2,1-4H3/t21-,22+. The van der Waals surface area contributed by atoms with Gasteiger partial charge < -0.3 is 19.5 Å². The summed E-state index contributed by atoms with van der Waals surface area (Å²) in [7, 11) is 2.11. The van der Waals surface area contributed by atoms with Crippen LogP contribution in [0.5, 0.6) is 5.75 Å². The summed E-state index contributed by atoms with van der Waals surface area (Å²) in [5.41, 5.74) is 7.38. The number of aromatic nitrogens is 1.